The molecular weight excluding hydrogens is 318 g/mol. The monoisotopic (exact) mass is 347 g/mol. The number of rotatable bonds is 7. The molecule has 6 heteroatoms. The van der Waals surface area contributed by atoms with Gasteiger partial charge in [0.05, 0.1) is 24.8 Å². The second-order valence-corrected chi connectivity index (χ2v) is 7.22. The van der Waals surface area contributed by atoms with Crippen LogP contribution in [0.4, 0.5) is 0 Å². The van der Waals surface area contributed by atoms with Crippen LogP contribution in [-0.4, -0.2) is 74.3 Å². The Morgan fingerprint density at radius 2 is 2.04 bits per heavy atom. The van der Waals surface area contributed by atoms with Crippen LogP contribution < -0.4 is 0 Å². The van der Waals surface area contributed by atoms with Crippen LogP contribution in [0.3, 0.4) is 0 Å². The molecule has 2 aliphatic heterocycles. The molecule has 138 valence electrons. The van der Waals surface area contributed by atoms with E-state index in [1.165, 1.54) is 0 Å². The van der Waals surface area contributed by atoms with E-state index >= 15 is 0 Å². The van der Waals surface area contributed by atoms with Gasteiger partial charge in [0.2, 0.25) is 5.91 Å². The van der Waals surface area contributed by atoms with Gasteiger partial charge in [0.25, 0.3) is 0 Å². The first-order chi connectivity index (χ1) is 12.2. The molecule has 1 aromatic rings. The molecule has 0 aromatic carbocycles. The van der Waals surface area contributed by atoms with Crippen LogP contribution in [0.15, 0.2) is 24.4 Å². The molecular formula is C19H29N3O3. The molecule has 0 aliphatic carbocycles. The van der Waals surface area contributed by atoms with Crippen LogP contribution in [0.2, 0.25) is 0 Å². The van der Waals surface area contributed by atoms with E-state index in [0.717, 1.165) is 44.7 Å². The smallest absolute Gasteiger partial charge is 0.228 e. The predicted molar refractivity (Wildman–Crippen MR) is 95.0 cm³/mol. The van der Waals surface area contributed by atoms with Crippen molar-refractivity contribution in [3.05, 3.63) is 30.1 Å². The number of aromatic nitrogens is 1. The van der Waals surface area contributed by atoms with E-state index < -0.39 is 0 Å². The fraction of sp³-hybridized carbons (Fsp3) is 0.684. The molecule has 3 heterocycles. The minimum absolute atomic E-state index is 0.0219. The van der Waals surface area contributed by atoms with E-state index in [9.17, 15) is 4.79 Å². The van der Waals surface area contributed by atoms with Gasteiger partial charge in [-0.15, -0.1) is 0 Å². The van der Waals surface area contributed by atoms with E-state index in [4.69, 9.17) is 9.47 Å². The third-order valence-corrected chi connectivity index (χ3v) is 5.72. The molecule has 25 heavy (non-hydrogen) atoms. The maximum Gasteiger partial charge on any atom is 0.228 e. The zero-order valence-corrected chi connectivity index (χ0v) is 15.3. The Hall–Kier alpha value is -1.50. The second-order valence-electron chi connectivity index (χ2n) is 7.22. The lowest BCUT2D eigenvalue weighted by molar-refractivity contribution is -0.134. The van der Waals surface area contributed by atoms with Gasteiger partial charge in [-0.25, -0.2) is 0 Å². The number of ether oxygens (including phenoxy) is 2. The molecule has 2 saturated heterocycles. The molecule has 1 atom stereocenters. The lowest BCUT2D eigenvalue weighted by Gasteiger charge is -2.41. The predicted octanol–water partition coefficient (Wildman–Crippen LogP) is 1.42. The Morgan fingerprint density at radius 3 is 2.68 bits per heavy atom. The highest BCUT2D eigenvalue weighted by Crippen LogP contribution is 2.45. The minimum atomic E-state index is -0.0219. The van der Waals surface area contributed by atoms with Crippen molar-refractivity contribution in [3.8, 4) is 0 Å². The number of piperidine rings is 1. The van der Waals surface area contributed by atoms with Crippen molar-refractivity contribution in [1.29, 1.82) is 0 Å². The Bertz CT molecular complexity index is 558. The number of carbonyl (C=O) groups excluding carboxylic acids is 1. The average molecular weight is 347 g/mol. The van der Waals surface area contributed by atoms with Gasteiger partial charge in [0.1, 0.15) is 0 Å². The van der Waals surface area contributed by atoms with Gasteiger partial charge in [-0.2, -0.15) is 0 Å². The average Bonchev–Trinajstić information content (AvgIpc) is 2.89. The van der Waals surface area contributed by atoms with Crippen LogP contribution in [-0.2, 0) is 20.8 Å². The second kappa shape index (κ2) is 8.25. The highest BCUT2D eigenvalue weighted by atomic mass is 16.5. The first-order valence-electron chi connectivity index (χ1n) is 9.07. The number of likely N-dealkylation sites (tertiary alicyclic amines) is 2. The van der Waals surface area contributed by atoms with Crippen LogP contribution in [0.25, 0.3) is 0 Å². The molecule has 0 radical (unpaired) electrons. The zero-order chi connectivity index (χ0) is 17.7. The third-order valence-electron chi connectivity index (χ3n) is 5.72. The van der Waals surface area contributed by atoms with E-state index in [0.29, 0.717) is 19.8 Å². The van der Waals surface area contributed by atoms with Crippen LogP contribution in [0.5, 0.6) is 0 Å². The number of amides is 1. The van der Waals surface area contributed by atoms with Crippen molar-refractivity contribution in [1.82, 2.24) is 14.8 Å². The van der Waals surface area contributed by atoms with Crippen LogP contribution in [0.1, 0.15) is 18.5 Å². The topological polar surface area (TPSA) is 54.9 Å². The quantitative estimate of drug-likeness (QED) is 0.747. The Kier molecular flexibility index (Phi) is 6.04. The van der Waals surface area contributed by atoms with E-state index in [1.54, 1.807) is 14.2 Å². The van der Waals surface area contributed by atoms with Crippen LogP contribution >= 0.6 is 0 Å². The number of hydrogen-bond acceptors (Lipinski definition) is 5. The van der Waals surface area contributed by atoms with E-state index in [2.05, 4.69) is 16.0 Å². The van der Waals surface area contributed by atoms with Gasteiger partial charge in [-0.3, -0.25) is 14.7 Å². The number of methoxy groups -OCH3 is 2. The molecule has 1 aromatic heterocycles. The molecule has 0 saturated carbocycles. The number of carbonyl (C=O) groups is 1. The molecule has 0 bridgehead atoms. The lowest BCUT2D eigenvalue weighted by Crippen LogP contribution is -2.45. The van der Waals surface area contributed by atoms with E-state index in [-0.39, 0.29) is 17.2 Å². The minimum Gasteiger partial charge on any atom is -0.384 e. The molecule has 3 rings (SSSR count). The summed E-state index contributed by atoms with van der Waals surface area (Å²) in [5.41, 5.74) is 1.15. The third kappa shape index (κ3) is 4.02. The fourth-order valence-corrected chi connectivity index (χ4v) is 4.24. The summed E-state index contributed by atoms with van der Waals surface area (Å²) in [5, 5.41) is 0. The molecule has 0 N–H and O–H groups in total. The highest BCUT2D eigenvalue weighted by Gasteiger charge is 2.52. The first kappa shape index (κ1) is 18.3. The fourth-order valence-electron chi connectivity index (χ4n) is 4.24. The standard InChI is InChI=1S/C19H29N3O3/c1-24-12-11-22-15-19(17(14-25-2)18(22)23)6-9-21(10-7-19)13-16-5-3-4-8-20-16/h3-5,8,17H,6-7,9-15H2,1-2H3/t17-/m1/s1. The normalized spacial score (nSPS) is 23.5. The van der Waals surface area contributed by atoms with Crippen LogP contribution in [0, 0.1) is 11.3 Å². The van der Waals surface area contributed by atoms with Crippen molar-refractivity contribution in [2.24, 2.45) is 11.3 Å². The Labute approximate surface area is 150 Å². The molecule has 0 unspecified atom stereocenters. The summed E-state index contributed by atoms with van der Waals surface area (Å²) in [6, 6.07) is 6.05. The Balaban J connectivity index is 1.63. The summed E-state index contributed by atoms with van der Waals surface area (Å²) >= 11 is 0. The summed E-state index contributed by atoms with van der Waals surface area (Å²) in [4.78, 5) is 21.7. The van der Waals surface area contributed by atoms with Gasteiger partial charge in [-0.05, 0) is 38.1 Å². The summed E-state index contributed by atoms with van der Waals surface area (Å²) in [6.07, 6.45) is 3.91. The van der Waals surface area contributed by atoms with Gasteiger partial charge in [-0.1, -0.05) is 6.07 Å². The van der Waals surface area contributed by atoms with Crippen molar-refractivity contribution in [2.75, 3.05) is 53.6 Å². The molecule has 1 amide bonds. The summed E-state index contributed by atoms with van der Waals surface area (Å²) in [5.74, 6) is 0.212. The van der Waals surface area contributed by atoms with Gasteiger partial charge in [0, 0.05) is 45.5 Å². The van der Waals surface area contributed by atoms with Crippen molar-refractivity contribution in [3.63, 3.8) is 0 Å². The molecule has 6 nitrogen and oxygen atoms in total. The summed E-state index contributed by atoms with van der Waals surface area (Å²) < 4.78 is 10.6. The SMILES string of the molecule is COCCN1CC2(CCN(Cc3ccccn3)CC2)[C@H](COC)C1=O. The van der Waals surface area contributed by atoms with Crippen molar-refractivity contribution >= 4 is 5.91 Å². The largest absolute Gasteiger partial charge is 0.384 e. The summed E-state index contributed by atoms with van der Waals surface area (Å²) in [7, 11) is 3.37. The number of nitrogens with zero attached hydrogens (tertiary/aromatic N) is 3. The number of pyridine rings is 1. The Morgan fingerprint density at radius 1 is 1.24 bits per heavy atom. The van der Waals surface area contributed by atoms with E-state index in [1.807, 2.05) is 23.2 Å². The molecule has 2 fully saturated rings. The van der Waals surface area contributed by atoms with Gasteiger partial charge in [0.15, 0.2) is 0 Å². The summed E-state index contributed by atoms with van der Waals surface area (Å²) in [6.45, 7) is 5.50. The van der Waals surface area contributed by atoms with Crippen molar-refractivity contribution in [2.45, 2.75) is 19.4 Å². The molecule has 2 aliphatic rings. The van der Waals surface area contributed by atoms with Crippen molar-refractivity contribution < 1.29 is 14.3 Å². The highest BCUT2D eigenvalue weighted by molar-refractivity contribution is 5.82. The lowest BCUT2D eigenvalue weighted by atomic mass is 9.71. The van der Waals surface area contributed by atoms with Gasteiger partial charge >= 0.3 is 0 Å². The maximum atomic E-state index is 12.8. The zero-order valence-electron chi connectivity index (χ0n) is 15.3. The number of hydrogen-bond donors (Lipinski definition) is 0. The van der Waals surface area contributed by atoms with Gasteiger partial charge < -0.3 is 14.4 Å². The molecule has 1 spiro atoms. The maximum absolute atomic E-state index is 12.8. The first-order valence-corrected chi connectivity index (χ1v) is 9.07.